The van der Waals surface area contributed by atoms with Gasteiger partial charge in [-0.25, -0.2) is 4.98 Å². The molecule has 0 saturated carbocycles. The van der Waals surface area contributed by atoms with Gasteiger partial charge in [-0.1, -0.05) is 6.07 Å². The molecular formula is C17H24N6O. The molecule has 1 aromatic carbocycles. The molecule has 128 valence electrons. The maximum absolute atomic E-state index is 10.2. The SMILES string of the molecule is CN=C(NCc1c(O)ccc2c1CCCC2)NCc1ncnn1C. The molecular weight excluding hydrogens is 304 g/mol. The maximum Gasteiger partial charge on any atom is 0.191 e. The summed E-state index contributed by atoms with van der Waals surface area (Å²) in [7, 11) is 3.58. The lowest BCUT2D eigenvalue weighted by Crippen LogP contribution is -2.37. The molecule has 3 N–H and O–H groups in total. The Morgan fingerprint density at radius 3 is 2.79 bits per heavy atom. The summed E-state index contributed by atoms with van der Waals surface area (Å²) >= 11 is 0. The second kappa shape index (κ2) is 7.33. The zero-order valence-corrected chi connectivity index (χ0v) is 14.2. The third-order valence-corrected chi connectivity index (χ3v) is 4.50. The monoisotopic (exact) mass is 328 g/mol. The van der Waals surface area contributed by atoms with E-state index in [-0.39, 0.29) is 0 Å². The Morgan fingerprint density at radius 2 is 2.04 bits per heavy atom. The highest BCUT2D eigenvalue weighted by atomic mass is 16.3. The number of phenols is 1. The van der Waals surface area contributed by atoms with E-state index in [9.17, 15) is 5.11 Å². The summed E-state index contributed by atoms with van der Waals surface area (Å²) in [6.07, 6.45) is 6.07. The molecule has 0 amide bonds. The highest BCUT2D eigenvalue weighted by molar-refractivity contribution is 5.79. The number of guanidine groups is 1. The van der Waals surface area contributed by atoms with Crippen LogP contribution in [0, 0.1) is 0 Å². The van der Waals surface area contributed by atoms with Crippen LogP contribution in [0.5, 0.6) is 5.75 Å². The molecule has 24 heavy (non-hydrogen) atoms. The molecule has 1 heterocycles. The van der Waals surface area contributed by atoms with E-state index in [0.717, 1.165) is 24.2 Å². The number of aromatic nitrogens is 3. The number of nitrogens with zero attached hydrogens (tertiary/aromatic N) is 4. The van der Waals surface area contributed by atoms with Gasteiger partial charge in [0.25, 0.3) is 0 Å². The normalized spacial score (nSPS) is 14.3. The molecule has 0 unspecified atom stereocenters. The van der Waals surface area contributed by atoms with Crippen LogP contribution < -0.4 is 10.6 Å². The molecule has 1 aliphatic rings. The van der Waals surface area contributed by atoms with Crippen molar-refractivity contribution in [2.75, 3.05) is 7.05 Å². The Bertz CT molecular complexity index is 737. The second-order valence-corrected chi connectivity index (χ2v) is 5.99. The Morgan fingerprint density at radius 1 is 1.25 bits per heavy atom. The molecule has 0 atom stereocenters. The van der Waals surface area contributed by atoms with Crippen molar-refractivity contribution in [3.63, 3.8) is 0 Å². The summed E-state index contributed by atoms with van der Waals surface area (Å²) in [6.45, 7) is 1.09. The number of benzene rings is 1. The molecule has 1 aromatic heterocycles. The number of rotatable bonds is 4. The molecule has 1 aliphatic carbocycles. The van der Waals surface area contributed by atoms with Crippen molar-refractivity contribution < 1.29 is 5.11 Å². The van der Waals surface area contributed by atoms with Crippen molar-refractivity contribution in [2.45, 2.75) is 38.8 Å². The number of phenolic OH excluding ortho intramolecular Hbond substituents is 1. The van der Waals surface area contributed by atoms with Crippen molar-refractivity contribution in [1.82, 2.24) is 25.4 Å². The fraction of sp³-hybridized carbons (Fsp3) is 0.471. The lowest BCUT2D eigenvalue weighted by atomic mass is 9.88. The number of fused-ring (bicyclic) bond motifs is 1. The summed E-state index contributed by atoms with van der Waals surface area (Å²) < 4.78 is 1.72. The summed E-state index contributed by atoms with van der Waals surface area (Å²) in [4.78, 5) is 8.41. The number of hydrogen-bond acceptors (Lipinski definition) is 4. The average Bonchev–Trinajstić information content (AvgIpc) is 3.01. The van der Waals surface area contributed by atoms with Crippen LogP contribution >= 0.6 is 0 Å². The molecule has 7 heteroatoms. The number of aliphatic imine (C=N–C) groups is 1. The van der Waals surface area contributed by atoms with Gasteiger partial charge in [-0.05, 0) is 42.9 Å². The lowest BCUT2D eigenvalue weighted by Gasteiger charge is -2.21. The average molecular weight is 328 g/mol. The fourth-order valence-electron chi connectivity index (χ4n) is 3.12. The second-order valence-electron chi connectivity index (χ2n) is 5.99. The first kappa shape index (κ1) is 16.3. The number of aromatic hydroxyl groups is 1. The van der Waals surface area contributed by atoms with Crippen LogP contribution in [0.4, 0.5) is 0 Å². The van der Waals surface area contributed by atoms with Crippen molar-refractivity contribution in [1.29, 1.82) is 0 Å². The molecule has 2 aromatic rings. The summed E-state index contributed by atoms with van der Waals surface area (Å²) in [5, 5.41) is 20.8. The van der Waals surface area contributed by atoms with Gasteiger partial charge in [0.1, 0.15) is 17.9 Å². The zero-order chi connectivity index (χ0) is 16.9. The highest BCUT2D eigenvalue weighted by Crippen LogP contribution is 2.30. The minimum Gasteiger partial charge on any atom is -0.508 e. The Balaban J connectivity index is 1.65. The Kier molecular flexibility index (Phi) is 4.98. The third kappa shape index (κ3) is 3.50. The third-order valence-electron chi connectivity index (χ3n) is 4.50. The zero-order valence-electron chi connectivity index (χ0n) is 14.2. The van der Waals surface area contributed by atoms with Gasteiger partial charge in [0, 0.05) is 26.2 Å². The van der Waals surface area contributed by atoms with Gasteiger partial charge < -0.3 is 15.7 Å². The van der Waals surface area contributed by atoms with Crippen LogP contribution in [-0.2, 0) is 33.0 Å². The van der Waals surface area contributed by atoms with E-state index in [2.05, 4.69) is 31.8 Å². The Labute approximate surface area is 141 Å². The minimum atomic E-state index is 0.354. The molecule has 0 radical (unpaired) electrons. The predicted molar refractivity (Wildman–Crippen MR) is 92.8 cm³/mol. The van der Waals surface area contributed by atoms with E-state index in [0.29, 0.717) is 24.8 Å². The predicted octanol–water partition coefficient (Wildman–Crippen LogP) is 1.26. The van der Waals surface area contributed by atoms with E-state index in [1.165, 1.54) is 30.3 Å². The van der Waals surface area contributed by atoms with Gasteiger partial charge in [-0.3, -0.25) is 9.67 Å². The van der Waals surface area contributed by atoms with Crippen molar-refractivity contribution in [2.24, 2.45) is 12.0 Å². The van der Waals surface area contributed by atoms with Crippen molar-refractivity contribution in [3.05, 3.63) is 41.0 Å². The smallest absolute Gasteiger partial charge is 0.191 e. The van der Waals surface area contributed by atoms with Crippen LogP contribution in [0.2, 0.25) is 0 Å². The van der Waals surface area contributed by atoms with Gasteiger partial charge in [-0.15, -0.1) is 0 Å². The van der Waals surface area contributed by atoms with Gasteiger partial charge in [0.05, 0.1) is 6.54 Å². The topological polar surface area (TPSA) is 87.4 Å². The van der Waals surface area contributed by atoms with Crippen LogP contribution in [0.3, 0.4) is 0 Å². The van der Waals surface area contributed by atoms with Gasteiger partial charge in [0.2, 0.25) is 0 Å². The highest BCUT2D eigenvalue weighted by Gasteiger charge is 2.16. The molecule has 7 nitrogen and oxygen atoms in total. The molecule has 0 aliphatic heterocycles. The molecule has 0 spiro atoms. The summed E-state index contributed by atoms with van der Waals surface area (Å²) in [5.41, 5.74) is 3.63. The lowest BCUT2D eigenvalue weighted by molar-refractivity contribution is 0.464. The van der Waals surface area contributed by atoms with Crippen molar-refractivity contribution >= 4 is 5.96 Å². The molecule has 0 fully saturated rings. The number of nitrogens with one attached hydrogen (secondary N) is 2. The molecule has 0 bridgehead atoms. The standard InChI is InChI=1S/C17H24N6O/c1-18-17(20-10-16-21-11-22-23(16)2)19-9-14-13-6-4-3-5-12(13)7-8-15(14)24/h7-8,11,24H,3-6,9-10H2,1-2H3,(H2,18,19,20). The van der Waals surface area contributed by atoms with E-state index in [4.69, 9.17) is 0 Å². The summed E-state index contributed by atoms with van der Waals surface area (Å²) in [6, 6.07) is 3.85. The van der Waals surface area contributed by atoms with Crippen LogP contribution in [0.1, 0.15) is 35.4 Å². The van der Waals surface area contributed by atoms with Crippen LogP contribution in [0.25, 0.3) is 0 Å². The van der Waals surface area contributed by atoms with Gasteiger partial charge in [0.15, 0.2) is 5.96 Å². The maximum atomic E-state index is 10.2. The first-order chi connectivity index (χ1) is 11.7. The largest absolute Gasteiger partial charge is 0.508 e. The fourth-order valence-corrected chi connectivity index (χ4v) is 3.12. The molecule has 3 rings (SSSR count). The number of aryl methyl sites for hydroxylation is 2. The van der Waals surface area contributed by atoms with Crippen LogP contribution in [-0.4, -0.2) is 32.9 Å². The van der Waals surface area contributed by atoms with E-state index in [1.807, 2.05) is 7.05 Å². The van der Waals surface area contributed by atoms with Crippen LogP contribution in [0.15, 0.2) is 23.5 Å². The van der Waals surface area contributed by atoms with Gasteiger partial charge >= 0.3 is 0 Å². The van der Waals surface area contributed by atoms with Gasteiger partial charge in [-0.2, -0.15) is 5.10 Å². The first-order valence-corrected chi connectivity index (χ1v) is 8.29. The van der Waals surface area contributed by atoms with Crippen molar-refractivity contribution in [3.8, 4) is 5.75 Å². The Hall–Kier alpha value is -2.57. The van der Waals surface area contributed by atoms with E-state index in [1.54, 1.807) is 17.8 Å². The number of hydrogen-bond donors (Lipinski definition) is 3. The quantitative estimate of drug-likeness (QED) is 0.581. The first-order valence-electron chi connectivity index (χ1n) is 8.29. The molecule has 0 saturated heterocycles. The van der Waals surface area contributed by atoms with E-state index < -0.39 is 0 Å². The van der Waals surface area contributed by atoms with E-state index >= 15 is 0 Å². The summed E-state index contributed by atoms with van der Waals surface area (Å²) in [5.74, 6) is 1.86. The minimum absolute atomic E-state index is 0.354.